The Bertz CT molecular complexity index is 143. The Kier molecular flexibility index (Phi) is 819. The van der Waals surface area contributed by atoms with Crippen LogP contribution in [0.1, 0.15) is 7.43 Å². The van der Waals surface area contributed by atoms with Crippen molar-refractivity contribution in [2.75, 3.05) is 107 Å². The topological polar surface area (TPSA) is 0 Å². The molecule has 0 aliphatic carbocycles. The molecule has 0 rings (SSSR count). The summed E-state index contributed by atoms with van der Waals surface area (Å²) in [6.07, 6.45) is 0. The molecule has 0 aromatic heterocycles. The predicted molar refractivity (Wildman–Crippen MR) is 338 cm³/mol. The van der Waals surface area contributed by atoms with E-state index >= 15 is 0 Å². The largest absolute Gasteiger partial charge is 0.109 e. The Morgan fingerprint density at radius 1 is 0.0820 bits per heavy atom. The van der Waals surface area contributed by atoms with Gasteiger partial charge in [0.1, 0.15) is 0 Å². The van der Waals surface area contributed by atoms with E-state index in [1.807, 2.05) is 0 Å². The van der Waals surface area contributed by atoms with Crippen LogP contribution in [0.3, 0.4) is 0 Å². The maximum Gasteiger partial charge on any atom is 0.0967 e. The molecule has 0 amide bonds. The Hall–Kier alpha value is 11.6. The fourth-order valence-electron chi connectivity index (χ4n) is 0. The average molecular weight is 1710 g/mol. The highest BCUT2D eigenvalue weighted by atomic mass is 35.6. The van der Waals surface area contributed by atoms with Crippen LogP contribution < -0.4 is 0 Å². The number of alkyl halides is 40. The van der Waals surface area contributed by atoms with Crippen LogP contribution in [0.5, 0.6) is 0 Å². The molecule has 0 radical (unpaired) electrons. The zero-order chi connectivity index (χ0) is 54.1. The second-order valence-electron chi connectivity index (χ2n) is 2.02. The molecular weight excluding hydrogens is 1670 g/mol. The van der Waals surface area contributed by atoms with Crippen LogP contribution in [0, 0.1) is 0 Å². The van der Waals surface area contributed by atoms with Gasteiger partial charge in [-0.05, 0) is 0 Å². The van der Waals surface area contributed by atoms with E-state index in [1.165, 1.54) is 0 Å². The number of halogens is 40. The molecule has 0 heterocycles. The Labute approximate surface area is 568 Å². The van der Waals surface area contributed by atoms with E-state index in [0.717, 1.165) is 0 Å². The molecule has 0 N–H and O–H groups in total. The van der Waals surface area contributed by atoms with Crippen LogP contribution in [-0.2, 0) is 0 Å². The first-order chi connectivity index (χ1) is 28.3. The quantitative estimate of drug-likeness (QED) is 0.212. The van der Waals surface area contributed by atoms with Crippen molar-refractivity contribution in [2.45, 2.75) is 7.43 Å². The van der Waals surface area contributed by atoms with Crippen LogP contribution in [0.25, 0.3) is 0 Å². The molecule has 0 bridgehead atoms. The van der Waals surface area contributed by atoms with Crippen LogP contribution in [0.4, 0.5) is 0 Å². The molecule has 0 fully saturated rings. The smallest absolute Gasteiger partial charge is 0.0967 e. The molecule has 0 saturated heterocycles. The third-order valence-corrected chi connectivity index (χ3v) is 0. The minimum absolute atomic E-state index is 0. The lowest BCUT2D eigenvalue weighted by Crippen LogP contribution is -1.24. The minimum Gasteiger partial charge on any atom is -0.109 e. The molecule has 0 aliphatic heterocycles. The fraction of sp³-hybridized carbons (Fsp3) is 1.00. The van der Waals surface area contributed by atoms with Gasteiger partial charge < -0.3 is 0 Å². The van der Waals surface area contributed by atoms with Crippen molar-refractivity contribution in [3.63, 3.8) is 0 Å². The summed E-state index contributed by atoms with van der Waals surface area (Å²) in [5.74, 6) is 0. The van der Waals surface area contributed by atoms with Crippen molar-refractivity contribution in [3.8, 4) is 0 Å². The minimum atomic E-state index is 0. The van der Waals surface area contributed by atoms with Gasteiger partial charge in [-0.3, -0.25) is 0 Å². The molecule has 0 spiro atoms. The van der Waals surface area contributed by atoms with Crippen molar-refractivity contribution in [1.82, 2.24) is 0 Å². The highest BCUT2D eigenvalue weighted by Gasteiger charge is 1.47. The summed E-state index contributed by atoms with van der Waals surface area (Å²) >= 11 is 191. The van der Waals surface area contributed by atoms with Gasteiger partial charge in [0.05, 0.1) is 107 Å². The van der Waals surface area contributed by atoms with E-state index in [9.17, 15) is 0 Å². The van der Waals surface area contributed by atoms with Gasteiger partial charge in [0.15, 0.2) is 0 Å². The molecule has 40 heteroatoms. The van der Waals surface area contributed by atoms with Crippen molar-refractivity contribution in [1.29, 1.82) is 0 Å². The zero-order valence-electron chi connectivity index (χ0n) is 29.3. The lowest BCUT2D eigenvalue weighted by atomic mass is 11.9. The predicted octanol–water partition coefficient (Wildman–Crippen LogP) is 29.1. The summed E-state index contributed by atoms with van der Waals surface area (Å²) in [5, 5.41) is 3.89. The first kappa shape index (κ1) is 140. The van der Waals surface area contributed by atoms with Crippen molar-refractivity contribution < 1.29 is 0 Å². The normalized spacial score (nSPS) is 5.90. The SMILES string of the molecule is C.ClCCl.ClCCl.ClCCl.ClCCl.ClCCl.ClCCl.ClCCl.ClCCl.ClCCl.ClCCl.ClCCl.ClCCl.ClCCl.ClCCl.ClCCl.ClCCl.ClCCl.ClCCl.ClCCl.ClCCl. The Morgan fingerprint density at radius 3 is 0.0820 bits per heavy atom. The van der Waals surface area contributed by atoms with E-state index in [0.29, 0.717) is 0 Å². The first-order valence-electron chi connectivity index (χ1n) is 10.7. The first-order valence-corrected chi connectivity index (χ1v) is 32.1. The fourth-order valence-corrected chi connectivity index (χ4v) is 0. The summed E-state index contributed by atoms with van der Waals surface area (Å²) < 4.78 is 0. The summed E-state index contributed by atoms with van der Waals surface area (Å²) in [6.45, 7) is 0. The highest BCUT2D eigenvalue weighted by Crippen LogP contribution is 1.78. The Morgan fingerprint density at radius 2 is 0.0820 bits per heavy atom. The van der Waals surface area contributed by atoms with E-state index in [2.05, 4.69) is 0 Å². The van der Waals surface area contributed by atoms with Gasteiger partial charge in [-0.1, -0.05) is 7.43 Å². The van der Waals surface area contributed by atoms with Crippen molar-refractivity contribution in [2.24, 2.45) is 0 Å². The zero-order valence-corrected chi connectivity index (χ0v) is 59.5. The van der Waals surface area contributed by atoms with Gasteiger partial charge >= 0.3 is 0 Å². The average Bonchev–Trinajstić information content (AvgIpc) is 3.12. The van der Waals surface area contributed by atoms with E-state index < -0.39 is 0 Å². The lowest BCUT2D eigenvalue weighted by molar-refractivity contribution is 2.20. The van der Waals surface area contributed by atoms with Crippen LogP contribution in [0.15, 0.2) is 0 Å². The molecule has 0 aliphatic rings. The van der Waals surface area contributed by atoms with Gasteiger partial charge in [-0.15, -0.1) is 464 Å². The van der Waals surface area contributed by atoms with E-state index in [4.69, 9.17) is 464 Å². The van der Waals surface area contributed by atoms with Gasteiger partial charge in [-0.25, -0.2) is 0 Å². The van der Waals surface area contributed by atoms with Gasteiger partial charge in [0.25, 0.3) is 0 Å². The second-order valence-corrected chi connectivity index (χ2v) is 18.2. The Balaban J connectivity index is -0.0000000145. The van der Waals surface area contributed by atoms with Crippen molar-refractivity contribution >= 4 is 464 Å². The van der Waals surface area contributed by atoms with Crippen LogP contribution >= 0.6 is 464 Å². The van der Waals surface area contributed by atoms with Gasteiger partial charge in [0, 0.05) is 0 Å². The molecule has 0 aromatic carbocycles. The molecule has 0 saturated carbocycles. The molecule has 0 nitrogen and oxygen atoms in total. The van der Waals surface area contributed by atoms with Gasteiger partial charge in [0.2, 0.25) is 0 Å². The number of hydrogen-bond acceptors (Lipinski definition) is 0. The standard InChI is InChI=1S/20CH2Cl2.CH4/c20*2-1-3;/h20*1H2;1H4. The molecule has 61 heavy (non-hydrogen) atoms. The summed E-state index contributed by atoms with van der Waals surface area (Å²) in [6, 6.07) is 0. The summed E-state index contributed by atoms with van der Waals surface area (Å²) in [4.78, 5) is 0. The molecule has 408 valence electrons. The van der Waals surface area contributed by atoms with Crippen LogP contribution in [-0.4, -0.2) is 107 Å². The third-order valence-electron chi connectivity index (χ3n) is 0. The molecular formula is C21H44Cl40. The highest BCUT2D eigenvalue weighted by molar-refractivity contribution is 6.46. The third kappa shape index (κ3) is 2580. The molecule has 0 aromatic rings. The van der Waals surface area contributed by atoms with Gasteiger partial charge in [-0.2, -0.15) is 0 Å². The monoisotopic (exact) mass is 1700 g/mol. The van der Waals surface area contributed by atoms with E-state index in [-0.39, 0.29) is 114 Å². The second kappa shape index (κ2) is 357. The number of hydrogen-bond donors (Lipinski definition) is 0. The van der Waals surface area contributed by atoms with Crippen LogP contribution in [0.2, 0.25) is 0 Å². The lowest BCUT2D eigenvalue weighted by Gasteiger charge is -1.42. The summed E-state index contributed by atoms with van der Waals surface area (Å²) in [5.41, 5.74) is 0. The molecule has 0 atom stereocenters. The maximum absolute atomic E-state index is 4.76. The summed E-state index contributed by atoms with van der Waals surface area (Å²) in [7, 11) is 0. The van der Waals surface area contributed by atoms with E-state index in [1.54, 1.807) is 0 Å². The molecule has 0 unspecified atom stereocenters. The number of rotatable bonds is 0. The van der Waals surface area contributed by atoms with Crippen molar-refractivity contribution in [3.05, 3.63) is 0 Å². The maximum atomic E-state index is 4.76.